The molecule has 9 heavy (non-hydrogen) atoms. The van der Waals surface area contributed by atoms with Gasteiger partial charge in [0.2, 0.25) is 5.78 Å². The Bertz CT molecular complexity index is 166. The molecule has 1 N–H and O–H groups in total. The molecule has 5 nitrogen and oxygen atoms in total. The summed E-state index contributed by atoms with van der Waals surface area (Å²) in [5, 5.41) is 19.0. The van der Waals surface area contributed by atoms with Crippen molar-refractivity contribution in [1.82, 2.24) is 0 Å². The molecular formula is C3H4N2O3S. The maximum Gasteiger partial charge on any atom is 0.260 e. The van der Waals surface area contributed by atoms with Crippen molar-refractivity contribution >= 4 is 24.1 Å². The summed E-state index contributed by atoms with van der Waals surface area (Å²) in [4.78, 5) is 10.3. The van der Waals surface area contributed by atoms with E-state index in [9.17, 15) is 10.0 Å². The largest absolute Gasteiger partial charge is 0.585 e. The monoisotopic (exact) mass is 148 g/mol. The summed E-state index contributed by atoms with van der Waals surface area (Å²) in [5.41, 5.74) is 0. The quantitative estimate of drug-likeness (QED) is 0.296. The molecule has 6 heteroatoms. The van der Waals surface area contributed by atoms with Crippen LogP contribution in [0.5, 0.6) is 0 Å². The first-order chi connectivity index (χ1) is 4.10. The van der Waals surface area contributed by atoms with Gasteiger partial charge in [-0.2, -0.15) is 4.40 Å². The number of hydrogen-bond acceptors (Lipinski definition) is 5. The van der Waals surface area contributed by atoms with E-state index in [0.717, 1.165) is 6.21 Å². The minimum atomic E-state index is -1.64. The van der Waals surface area contributed by atoms with Crippen LogP contribution in [0.3, 0.4) is 0 Å². The third-order valence-electron chi connectivity index (χ3n) is 0.727. The Morgan fingerprint density at radius 3 is 3.00 bits per heavy atom. The second kappa shape index (κ2) is 2.07. The maximum atomic E-state index is 10.5. The Morgan fingerprint density at radius 2 is 2.67 bits per heavy atom. The molecule has 0 fully saturated rings. The summed E-state index contributed by atoms with van der Waals surface area (Å²) in [6, 6.07) is 0. The Labute approximate surface area is 55.4 Å². The molecule has 0 aromatic rings. The number of hydrogen-bond donors (Lipinski definition) is 1. The molecule has 1 atom stereocenters. The Kier molecular flexibility index (Phi) is 1.54. The summed E-state index contributed by atoms with van der Waals surface area (Å²) in [5.74, 6) is -0.453. The predicted molar refractivity (Wildman–Crippen MR) is 31.4 cm³/mol. The van der Waals surface area contributed by atoms with Crippen LogP contribution >= 0.6 is 12.1 Å². The molecule has 1 aliphatic heterocycles. The highest BCUT2D eigenvalue weighted by atomic mass is 32.2. The van der Waals surface area contributed by atoms with Crippen LogP contribution in [0.15, 0.2) is 4.40 Å². The molecule has 50 valence electrons. The van der Waals surface area contributed by atoms with Crippen LogP contribution in [0, 0.1) is 5.21 Å². The topological polar surface area (TPSA) is 72.7 Å². The van der Waals surface area contributed by atoms with Gasteiger partial charge in [-0.25, -0.2) is 5.21 Å². The number of hydroxylamine groups is 2. The lowest BCUT2D eigenvalue weighted by atomic mass is 10.4. The number of ketones is 1. The van der Waals surface area contributed by atoms with E-state index in [1.807, 2.05) is 0 Å². The van der Waals surface area contributed by atoms with Crippen LogP contribution < -0.4 is 0 Å². The molecule has 1 unspecified atom stereocenters. The summed E-state index contributed by atoms with van der Waals surface area (Å²) >= 11 is 0.410. The van der Waals surface area contributed by atoms with Crippen LogP contribution in [0.2, 0.25) is 0 Å². The van der Waals surface area contributed by atoms with Gasteiger partial charge in [0.1, 0.15) is 0 Å². The number of carbonyl (C=O) groups is 1. The minimum absolute atomic E-state index is 0.410. The molecule has 0 radical (unpaired) electrons. The molecule has 1 aliphatic rings. The Balaban J connectivity index is 2.68. The average molecular weight is 148 g/mol. The number of carbonyl (C=O) groups excluding carboxylic acids is 1. The van der Waals surface area contributed by atoms with Gasteiger partial charge in [0.25, 0.3) is 12.1 Å². The zero-order valence-corrected chi connectivity index (χ0v) is 5.17. The van der Waals surface area contributed by atoms with Crippen molar-refractivity contribution < 1.29 is 14.2 Å². The van der Waals surface area contributed by atoms with Gasteiger partial charge in [-0.1, -0.05) is 0 Å². The molecule has 0 amide bonds. The number of quaternary nitrogens is 1. The van der Waals surface area contributed by atoms with E-state index in [0.29, 0.717) is 12.1 Å². The third kappa shape index (κ3) is 1.75. The first kappa shape index (κ1) is 6.69. The molecule has 0 aliphatic carbocycles. The summed E-state index contributed by atoms with van der Waals surface area (Å²) < 4.78 is 1.62. The zero-order chi connectivity index (χ0) is 6.91. The van der Waals surface area contributed by atoms with Crippen LogP contribution in [-0.4, -0.2) is 28.0 Å². The van der Waals surface area contributed by atoms with E-state index in [-0.39, 0.29) is 0 Å². The molecule has 0 aromatic carbocycles. The van der Waals surface area contributed by atoms with Gasteiger partial charge in [0.15, 0.2) is 6.54 Å². The fourth-order valence-electron chi connectivity index (χ4n) is 0.423. The Morgan fingerprint density at radius 1 is 2.00 bits per heavy atom. The fraction of sp³-hybridized carbons (Fsp3) is 0.333. The van der Waals surface area contributed by atoms with E-state index in [2.05, 4.69) is 4.40 Å². The summed E-state index contributed by atoms with van der Waals surface area (Å²) in [6.07, 6.45) is 1.02. The average Bonchev–Trinajstić information content (AvgIpc) is 1.60. The molecular weight excluding hydrogens is 144 g/mol. The van der Waals surface area contributed by atoms with Crippen molar-refractivity contribution in [2.75, 3.05) is 6.54 Å². The van der Waals surface area contributed by atoms with E-state index in [1.165, 1.54) is 0 Å². The molecule has 0 bridgehead atoms. The van der Waals surface area contributed by atoms with E-state index >= 15 is 0 Å². The lowest BCUT2D eigenvalue weighted by Gasteiger charge is -2.27. The third-order valence-corrected chi connectivity index (χ3v) is 1.31. The zero-order valence-electron chi connectivity index (χ0n) is 4.35. The van der Waals surface area contributed by atoms with Crippen LogP contribution in [-0.2, 0) is 4.79 Å². The van der Waals surface area contributed by atoms with E-state index in [1.54, 1.807) is 0 Å². The van der Waals surface area contributed by atoms with Gasteiger partial charge in [0.05, 0.1) is 6.21 Å². The van der Waals surface area contributed by atoms with E-state index < -0.39 is 16.5 Å². The lowest BCUT2D eigenvalue weighted by molar-refractivity contribution is -0.944. The minimum Gasteiger partial charge on any atom is -0.585 e. The highest BCUT2D eigenvalue weighted by Crippen LogP contribution is 2.20. The SMILES string of the molecule is O=C1C=NS[N+]([O-])(O)C1. The van der Waals surface area contributed by atoms with Crippen molar-refractivity contribution in [2.45, 2.75) is 0 Å². The van der Waals surface area contributed by atoms with Gasteiger partial charge in [-0.05, 0) is 0 Å². The van der Waals surface area contributed by atoms with Gasteiger partial charge in [-0.3, -0.25) is 4.79 Å². The van der Waals surface area contributed by atoms with Gasteiger partial charge >= 0.3 is 0 Å². The van der Waals surface area contributed by atoms with Gasteiger partial charge in [0, 0.05) is 0 Å². The standard InChI is InChI=1S/C3H4N2O3S/c6-3-1-4-9-5(7,8)2-3/h1,7H,2H2. The highest BCUT2D eigenvalue weighted by Gasteiger charge is 2.24. The molecule has 1 rings (SSSR count). The van der Waals surface area contributed by atoms with Crippen molar-refractivity contribution in [3.05, 3.63) is 5.21 Å². The van der Waals surface area contributed by atoms with Gasteiger partial charge < -0.3 is 5.21 Å². The normalized spacial score (nSPS) is 35.1. The van der Waals surface area contributed by atoms with Crippen molar-refractivity contribution in [3.63, 3.8) is 0 Å². The number of Topliss-reactive ketones (excluding diaryl/α,β-unsaturated/α-hetero) is 1. The summed E-state index contributed by atoms with van der Waals surface area (Å²) in [6.45, 7) is -0.450. The smallest absolute Gasteiger partial charge is 0.260 e. The van der Waals surface area contributed by atoms with E-state index in [4.69, 9.17) is 5.21 Å². The number of nitrogens with zero attached hydrogens (tertiary/aromatic N) is 2. The number of rotatable bonds is 0. The molecule has 0 saturated carbocycles. The van der Waals surface area contributed by atoms with Crippen molar-refractivity contribution in [3.8, 4) is 0 Å². The lowest BCUT2D eigenvalue weighted by Crippen LogP contribution is -2.38. The second-order valence-corrected chi connectivity index (χ2v) is 2.52. The maximum absolute atomic E-state index is 10.5. The first-order valence-electron chi connectivity index (χ1n) is 2.17. The molecule has 1 heterocycles. The first-order valence-corrected chi connectivity index (χ1v) is 2.90. The fourth-order valence-corrected chi connectivity index (χ4v) is 0.920. The van der Waals surface area contributed by atoms with Crippen molar-refractivity contribution in [2.24, 2.45) is 4.40 Å². The molecule has 0 aromatic heterocycles. The van der Waals surface area contributed by atoms with Crippen LogP contribution in [0.25, 0.3) is 0 Å². The summed E-state index contributed by atoms with van der Waals surface area (Å²) in [7, 11) is 0. The van der Waals surface area contributed by atoms with Crippen molar-refractivity contribution in [1.29, 1.82) is 0 Å². The van der Waals surface area contributed by atoms with Crippen LogP contribution in [0.1, 0.15) is 0 Å². The highest BCUT2D eigenvalue weighted by molar-refractivity contribution is 7.92. The predicted octanol–water partition coefficient (Wildman–Crippen LogP) is -0.0931. The molecule has 0 spiro atoms. The van der Waals surface area contributed by atoms with Crippen LogP contribution in [0.4, 0.5) is 0 Å². The molecule has 0 saturated heterocycles. The second-order valence-electron chi connectivity index (χ2n) is 1.58. The van der Waals surface area contributed by atoms with Gasteiger partial charge in [-0.15, -0.1) is 4.21 Å². The Hall–Kier alpha value is -0.430.